The fraction of sp³-hybridized carbons (Fsp3) is 0.800. The monoisotopic (exact) mass is 167 g/mol. The Morgan fingerprint density at radius 2 is 2.42 bits per heavy atom. The molecule has 1 aliphatic rings. The van der Waals surface area contributed by atoms with Gasteiger partial charge < -0.3 is 10.5 Å². The number of hydrogen-bond acceptors (Lipinski definition) is 2. The van der Waals surface area contributed by atoms with Gasteiger partial charge in [0.25, 0.3) is 0 Å². The van der Waals surface area contributed by atoms with Gasteiger partial charge in [-0.05, 0) is 20.3 Å². The Balaban J connectivity index is 2.31. The van der Waals surface area contributed by atoms with Crippen molar-refractivity contribution in [3.63, 3.8) is 0 Å². The predicted molar refractivity (Wildman–Crippen MR) is 49.6 cm³/mol. The van der Waals surface area contributed by atoms with Crippen LogP contribution in [0.1, 0.15) is 26.7 Å². The van der Waals surface area contributed by atoms with E-state index in [0.29, 0.717) is 12.0 Å². The molecule has 2 N–H and O–H groups in total. The number of hydrogen-bond donors (Lipinski definition) is 1. The van der Waals surface area contributed by atoms with Gasteiger partial charge in [-0.2, -0.15) is 0 Å². The first-order valence-corrected chi connectivity index (χ1v) is 4.50. The first-order valence-electron chi connectivity index (χ1n) is 4.50. The van der Waals surface area contributed by atoms with Crippen molar-refractivity contribution in [2.45, 2.75) is 38.8 Å². The van der Waals surface area contributed by atoms with Crippen LogP contribution < -0.4 is 5.73 Å². The molecule has 1 heterocycles. The maximum Gasteiger partial charge on any atom is 0.0551 e. The fourth-order valence-electron chi connectivity index (χ4n) is 1.54. The van der Waals surface area contributed by atoms with Gasteiger partial charge >= 0.3 is 0 Å². The Kier molecular flexibility index (Phi) is 3.58. The lowest BCUT2D eigenvalue weighted by Gasteiger charge is -2.14. The van der Waals surface area contributed by atoms with Gasteiger partial charge in [0, 0.05) is 18.4 Å². The summed E-state index contributed by atoms with van der Waals surface area (Å²) in [6.45, 7) is 4.76. The molecule has 1 rings (SSSR count). The van der Waals surface area contributed by atoms with E-state index < -0.39 is 0 Å². The summed E-state index contributed by atoms with van der Waals surface area (Å²) < 4.78 is 5.44. The van der Waals surface area contributed by atoms with Gasteiger partial charge in [-0.3, -0.25) is 0 Å². The first-order chi connectivity index (χ1) is 5.74. The third-order valence-corrected chi connectivity index (χ3v) is 2.35. The number of rotatable bonds is 2. The highest BCUT2D eigenvalue weighted by molar-refractivity contribution is 4.99. The fourth-order valence-corrected chi connectivity index (χ4v) is 1.54. The molecule has 0 saturated carbocycles. The normalized spacial score (nSPS) is 30.9. The zero-order chi connectivity index (χ0) is 8.97. The van der Waals surface area contributed by atoms with E-state index in [4.69, 9.17) is 10.5 Å². The molecule has 0 amide bonds. The molecule has 0 radical (unpaired) electrons. The van der Waals surface area contributed by atoms with Crippen molar-refractivity contribution >= 4 is 0 Å². The zero-order valence-electron chi connectivity index (χ0n) is 7.84. The lowest BCUT2D eigenvalue weighted by Crippen LogP contribution is -2.29. The standard InChI is InChI=1S/C10H17NO/c1-3-4-5-10(11)9-6-8(2)12-7-9/h8-10H,5-7,11H2,1-2H3. The first kappa shape index (κ1) is 9.57. The van der Waals surface area contributed by atoms with Gasteiger partial charge in [-0.25, -0.2) is 0 Å². The highest BCUT2D eigenvalue weighted by Crippen LogP contribution is 2.22. The van der Waals surface area contributed by atoms with Crippen molar-refractivity contribution in [3.8, 4) is 11.8 Å². The molecule has 3 unspecified atom stereocenters. The van der Waals surface area contributed by atoms with E-state index in [0.717, 1.165) is 19.4 Å². The van der Waals surface area contributed by atoms with Gasteiger partial charge in [0.2, 0.25) is 0 Å². The van der Waals surface area contributed by atoms with Crippen LogP contribution in [0, 0.1) is 17.8 Å². The summed E-state index contributed by atoms with van der Waals surface area (Å²) >= 11 is 0. The molecular weight excluding hydrogens is 150 g/mol. The minimum Gasteiger partial charge on any atom is -0.378 e. The van der Waals surface area contributed by atoms with Crippen molar-refractivity contribution in [2.75, 3.05) is 6.61 Å². The maximum absolute atomic E-state index is 5.94. The molecular formula is C10H17NO. The summed E-state index contributed by atoms with van der Waals surface area (Å²) in [6, 6.07) is 0.197. The molecule has 2 nitrogen and oxygen atoms in total. The van der Waals surface area contributed by atoms with Crippen LogP contribution in [-0.2, 0) is 4.74 Å². The Morgan fingerprint density at radius 3 is 2.92 bits per heavy atom. The summed E-state index contributed by atoms with van der Waals surface area (Å²) in [5, 5.41) is 0. The second-order valence-electron chi connectivity index (χ2n) is 3.43. The van der Waals surface area contributed by atoms with E-state index in [9.17, 15) is 0 Å². The number of ether oxygens (including phenoxy) is 1. The quantitative estimate of drug-likeness (QED) is 0.626. The average Bonchev–Trinajstić information content (AvgIpc) is 2.47. The molecule has 3 atom stereocenters. The van der Waals surface area contributed by atoms with Gasteiger partial charge in [0.05, 0.1) is 12.7 Å². The van der Waals surface area contributed by atoms with Gasteiger partial charge in [0.15, 0.2) is 0 Å². The zero-order valence-corrected chi connectivity index (χ0v) is 7.84. The van der Waals surface area contributed by atoms with E-state index in [2.05, 4.69) is 18.8 Å². The summed E-state index contributed by atoms with van der Waals surface area (Å²) in [5.41, 5.74) is 5.94. The van der Waals surface area contributed by atoms with E-state index in [-0.39, 0.29) is 6.04 Å². The summed E-state index contributed by atoms with van der Waals surface area (Å²) in [7, 11) is 0. The second-order valence-corrected chi connectivity index (χ2v) is 3.43. The molecule has 1 aliphatic heterocycles. The molecule has 0 aromatic carbocycles. The van der Waals surface area contributed by atoms with Crippen LogP contribution in [0.15, 0.2) is 0 Å². The van der Waals surface area contributed by atoms with Crippen molar-refractivity contribution in [2.24, 2.45) is 11.7 Å². The molecule has 0 aromatic heterocycles. The highest BCUT2D eigenvalue weighted by Gasteiger charge is 2.26. The molecule has 0 aliphatic carbocycles. The van der Waals surface area contributed by atoms with Crippen LogP contribution >= 0.6 is 0 Å². The SMILES string of the molecule is CC#CCC(N)C1COC(C)C1. The Hall–Kier alpha value is -0.520. The molecule has 0 spiro atoms. The minimum absolute atomic E-state index is 0.197. The highest BCUT2D eigenvalue weighted by atomic mass is 16.5. The summed E-state index contributed by atoms with van der Waals surface area (Å²) in [6.07, 6.45) is 2.28. The Morgan fingerprint density at radius 1 is 1.67 bits per heavy atom. The van der Waals surface area contributed by atoms with Crippen LogP contribution in [0.3, 0.4) is 0 Å². The van der Waals surface area contributed by atoms with Crippen LogP contribution in [0.5, 0.6) is 0 Å². The van der Waals surface area contributed by atoms with Gasteiger partial charge in [-0.1, -0.05) is 0 Å². The molecule has 2 heteroatoms. The largest absolute Gasteiger partial charge is 0.378 e. The molecule has 68 valence electrons. The van der Waals surface area contributed by atoms with Crippen molar-refractivity contribution < 1.29 is 4.74 Å². The lowest BCUT2D eigenvalue weighted by atomic mass is 9.95. The molecule has 1 saturated heterocycles. The smallest absolute Gasteiger partial charge is 0.0551 e. The molecule has 0 aromatic rings. The molecule has 1 fully saturated rings. The third kappa shape index (κ3) is 2.51. The predicted octanol–water partition coefficient (Wildman–Crippen LogP) is 1.15. The van der Waals surface area contributed by atoms with Crippen molar-refractivity contribution in [3.05, 3.63) is 0 Å². The molecule has 0 bridgehead atoms. The van der Waals surface area contributed by atoms with Crippen molar-refractivity contribution in [1.82, 2.24) is 0 Å². The second kappa shape index (κ2) is 4.49. The Labute approximate surface area is 74.5 Å². The summed E-state index contributed by atoms with van der Waals surface area (Å²) in [5.74, 6) is 6.39. The molecule has 12 heavy (non-hydrogen) atoms. The van der Waals surface area contributed by atoms with Crippen LogP contribution in [0.4, 0.5) is 0 Å². The number of nitrogens with two attached hydrogens (primary N) is 1. The van der Waals surface area contributed by atoms with Crippen LogP contribution in [0.2, 0.25) is 0 Å². The summed E-state index contributed by atoms with van der Waals surface area (Å²) in [4.78, 5) is 0. The van der Waals surface area contributed by atoms with Crippen molar-refractivity contribution in [1.29, 1.82) is 0 Å². The lowest BCUT2D eigenvalue weighted by molar-refractivity contribution is 0.118. The third-order valence-electron chi connectivity index (χ3n) is 2.35. The topological polar surface area (TPSA) is 35.2 Å². The average molecular weight is 167 g/mol. The van der Waals surface area contributed by atoms with Gasteiger partial charge in [0.1, 0.15) is 0 Å². The Bertz CT molecular complexity index is 192. The van der Waals surface area contributed by atoms with E-state index in [1.807, 2.05) is 6.92 Å². The van der Waals surface area contributed by atoms with E-state index >= 15 is 0 Å². The van der Waals surface area contributed by atoms with Gasteiger partial charge in [-0.15, -0.1) is 11.8 Å². The van der Waals surface area contributed by atoms with Crippen LogP contribution in [-0.4, -0.2) is 18.8 Å². The minimum atomic E-state index is 0.197. The maximum atomic E-state index is 5.94. The van der Waals surface area contributed by atoms with Crippen LogP contribution in [0.25, 0.3) is 0 Å². The van der Waals surface area contributed by atoms with E-state index in [1.165, 1.54) is 0 Å². The van der Waals surface area contributed by atoms with E-state index in [1.54, 1.807) is 0 Å².